The summed E-state index contributed by atoms with van der Waals surface area (Å²) in [6.45, 7) is 2.26. The van der Waals surface area contributed by atoms with Crippen LogP contribution in [0.25, 0.3) is 10.9 Å². The van der Waals surface area contributed by atoms with Gasteiger partial charge in [0.2, 0.25) is 5.91 Å². The van der Waals surface area contributed by atoms with Crippen LogP contribution in [0.5, 0.6) is 11.5 Å². The Balaban J connectivity index is 2.02. The fraction of sp³-hybridized carbons (Fsp3) is 0.438. The summed E-state index contributed by atoms with van der Waals surface area (Å²) in [7, 11) is 3.27. The van der Waals surface area contributed by atoms with Crippen molar-refractivity contribution in [1.29, 1.82) is 0 Å². The van der Waals surface area contributed by atoms with E-state index in [4.69, 9.17) is 21.1 Å². The molecular weight excluding hydrogens is 304 g/mol. The van der Waals surface area contributed by atoms with Crippen LogP contribution in [-0.2, 0) is 11.2 Å². The van der Waals surface area contributed by atoms with E-state index in [-0.39, 0.29) is 5.91 Å². The molecule has 0 aliphatic carbocycles. The normalized spacial score (nSPS) is 12.2. The maximum Gasteiger partial charge on any atom is 0.237 e. The first kappa shape index (κ1) is 16.5. The van der Waals surface area contributed by atoms with Crippen LogP contribution in [0.15, 0.2) is 18.2 Å². The number of alkyl halides is 1. The molecule has 0 aliphatic heterocycles. The molecule has 2 N–H and O–H groups in total. The maximum absolute atomic E-state index is 11.4. The van der Waals surface area contributed by atoms with Gasteiger partial charge in [0.1, 0.15) is 16.9 Å². The number of ether oxygens (including phenoxy) is 2. The number of hydrogen-bond acceptors (Lipinski definition) is 3. The van der Waals surface area contributed by atoms with E-state index in [0.29, 0.717) is 6.54 Å². The third-order valence-electron chi connectivity index (χ3n) is 3.47. The van der Waals surface area contributed by atoms with Crippen LogP contribution < -0.4 is 14.8 Å². The lowest BCUT2D eigenvalue weighted by atomic mass is 10.2. The van der Waals surface area contributed by atoms with Gasteiger partial charge in [-0.05, 0) is 25.8 Å². The summed E-state index contributed by atoms with van der Waals surface area (Å²) in [5, 5.41) is 3.33. The number of H-pyrrole nitrogens is 1. The van der Waals surface area contributed by atoms with Crippen molar-refractivity contribution in [2.75, 3.05) is 20.8 Å². The third-order valence-corrected chi connectivity index (χ3v) is 3.67. The molecule has 0 radical (unpaired) electrons. The van der Waals surface area contributed by atoms with Crippen molar-refractivity contribution in [3.05, 3.63) is 23.9 Å². The van der Waals surface area contributed by atoms with Crippen LogP contribution in [-0.4, -0.2) is 37.0 Å². The average Bonchev–Trinajstić information content (AvgIpc) is 2.92. The fourth-order valence-electron chi connectivity index (χ4n) is 2.29. The summed E-state index contributed by atoms with van der Waals surface area (Å²) in [5.41, 5.74) is 2.07. The lowest BCUT2D eigenvalue weighted by Gasteiger charge is -2.05. The van der Waals surface area contributed by atoms with Gasteiger partial charge in [0, 0.05) is 29.8 Å². The zero-order valence-electron chi connectivity index (χ0n) is 13.0. The molecule has 0 fully saturated rings. The van der Waals surface area contributed by atoms with Crippen molar-refractivity contribution in [2.45, 2.75) is 25.1 Å². The topological polar surface area (TPSA) is 63.4 Å². The Bertz CT molecular complexity index is 652. The first-order valence-corrected chi connectivity index (χ1v) is 7.64. The zero-order valence-corrected chi connectivity index (χ0v) is 13.8. The summed E-state index contributed by atoms with van der Waals surface area (Å²) in [4.78, 5) is 14.7. The number of aromatic amines is 1. The lowest BCUT2D eigenvalue weighted by Crippen LogP contribution is -2.30. The molecular formula is C16H21ClN2O3. The highest BCUT2D eigenvalue weighted by molar-refractivity contribution is 6.30. The molecule has 1 aromatic heterocycles. The lowest BCUT2D eigenvalue weighted by molar-refractivity contribution is -0.120. The molecule has 5 nitrogen and oxygen atoms in total. The number of hydrogen-bond donors (Lipinski definition) is 2. The summed E-state index contributed by atoms with van der Waals surface area (Å²) in [5.74, 6) is 1.40. The molecule has 0 spiro atoms. The van der Waals surface area contributed by atoms with Crippen molar-refractivity contribution in [3.8, 4) is 11.5 Å². The number of carbonyl (C=O) groups excluding carboxylic acids is 1. The first-order chi connectivity index (χ1) is 10.5. The van der Waals surface area contributed by atoms with Gasteiger partial charge in [-0.2, -0.15) is 0 Å². The summed E-state index contributed by atoms with van der Waals surface area (Å²) >= 11 is 5.70. The van der Waals surface area contributed by atoms with E-state index in [9.17, 15) is 4.79 Å². The summed E-state index contributed by atoms with van der Waals surface area (Å²) in [6, 6.07) is 5.87. The van der Waals surface area contributed by atoms with Crippen molar-refractivity contribution in [2.24, 2.45) is 0 Å². The van der Waals surface area contributed by atoms with Gasteiger partial charge in [0.25, 0.3) is 0 Å². The molecule has 1 aromatic carbocycles. The molecule has 0 saturated heterocycles. The zero-order chi connectivity index (χ0) is 16.1. The molecule has 2 rings (SSSR count). The molecule has 0 bridgehead atoms. The number of methoxy groups -OCH3 is 2. The van der Waals surface area contributed by atoms with Gasteiger partial charge >= 0.3 is 0 Å². The summed E-state index contributed by atoms with van der Waals surface area (Å²) < 4.78 is 10.7. The van der Waals surface area contributed by atoms with Crippen molar-refractivity contribution < 1.29 is 14.3 Å². The largest absolute Gasteiger partial charge is 0.497 e. The Morgan fingerprint density at radius 3 is 2.73 bits per heavy atom. The van der Waals surface area contributed by atoms with Gasteiger partial charge in [0.15, 0.2) is 0 Å². The number of rotatable bonds is 7. The quantitative estimate of drug-likeness (QED) is 0.608. The Labute approximate surface area is 134 Å². The number of halogens is 1. The Morgan fingerprint density at radius 2 is 2.09 bits per heavy atom. The van der Waals surface area contributed by atoms with Gasteiger partial charge in [-0.1, -0.05) is 0 Å². The van der Waals surface area contributed by atoms with Crippen molar-refractivity contribution >= 4 is 28.4 Å². The van der Waals surface area contributed by atoms with Crippen LogP contribution >= 0.6 is 11.6 Å². The highest BCUT2D eigenvalue weighted by Gasteiger charge is 2.10. The van der Waals surface area contributed by atoms with Gasteiger partial charge in [-0.25, -0.2) is 0 Å². The minimum atomic E-state index is -0.496. The van der Waals surface area contributed by atoms with Crippen molar-refractivity contribution in [3.63, 3.8) is 0 Å². The predicted molar refractivity (Wildman–Crippen MR) is 88.0 cm³/mol. The minimum absolute atomic E-state index is 0.135. The smallest absolute Gasteiger partial charge is 0.237 e. The van der Waals surface area contributed by atoms with Gasteiger partial charge in [0.05, 0.1) is 19.7 Å². The molecule has 1 heterocycles. The van der Waals surface area contributed by atoms with Crippen LogP contribution in [0.1, 0.15) is 19.0 Å². The number of carbonyl (C=O) groups is 1. The predicted octanol–water partition coefficient (Wildman–Crippen LogP) is 2.86. The molecule has 2 aromatic rings. The fourth-order valence-corrected chi connectivity index (χ4v) is 2.37. The van der Waals surface area contributed by atoms with Crippen LogP contribution in [0, 0.1) is 0 Å². The molecule has 0 aliphatic rings. The number of fused-ring (bicyclic) bond motifs is 1. The molecule has 1 atom stereocenters. The average molecular weight is 325 g/mol. The molecule has 1 unspecified atom stereocenters. The number of amides is 1. The highest BCUT2D eigenvalue weighted by Crippen LogP contribution is 2.31. The van der Waals surface area contributed by atoms with Crippen molar-refractivity contribution in [1.82, 2.24) is 10.3 Å². The third kappa shape index (κ3) is 3.85. The van der Waals surface area contributed by atoms with E-state index in [1.54, 1.807) is 21.1 Å². The van der Waals surface area contributed by atoms with Crippen LogP contribution in [0.2, 0.25) is 0 Å². The highest BCUT2D eigenvalue weighted by atomic mass is 35.5. The second-order valence-electron chi connectivity index (χ2n) is 5.10. The van der Waals surface area contributed by atoms with Gasteiger partial charge < -0.3 is 19.8 Å². The van der Waals surface area contributed by atoms with Gasteiger partial charge in [-0.15, -0.1) is 11.6 Å². The number of nitrogens with one attached hydrogen (secondary N) is 2. The Kier molecular flexibility index (Phi) is 5.55. The second-order valence-corrected chi connectivity index (χ2v) is 5.75. The summed E-state index contributed by atoms with van der Waals surface area (Å²) in [6.07, 6.45) is 1.67. The Hall–Kier alpha value is -1.88. The van der Waals surface area contributed by atoms with E-state index in [1.165, 1.54) is 0 Å². The Morgan fingerprint density at radius 1 is 1.32 bits per heavy atom. The minimum Gasteiger partial charge on any atom is -0.497 e. The SMILES string of the molecule is COc1cc(OC)c2cc(CCCNC(=O)C(C)Cl)[nH]c2c1. The molecule has 120 valence electrons. The number of aromatic nitrogens is 1. The number of benzene rings is 1. The van der Waals surface area contributed by atoms with E-state index < -0.39 is 5.38 Å². The number of aryl methyl sites for hydroxylation is 1. The molecule has 22 heavy (non-hydrogen) atoms. The molecule has 6 heteroatoms. The van der Waals surface area contributed by atoms with Crippen LogP contribution in [0.3, 0.4) is 0 Å². The van der Waals surface area contributed by atoms with E-state index in [2.05, 4.69) is 16.4 Å². The van der Waals surface area contributed by atoms with E-state index >= 15 is 0 Å². The van der Waals surface area contributed by atoms with Gasteiger partial charge in [-0.3, -0.25) is 4.79 Å². The second kappa shape index (κ2) is 7.40. The van der Waals surface area contributed by atoms with Crippen LogP contribution in [0.4, 0.5) is 0 Å². The maximum atomic E-state index is 11.4. The first-order valence-electron chi connectivity index (χ1n) is 7.20. The molecule has 1 amide bonds. The van der Waals surface area contributed by atoms with E-state index in [1.807, 2.05) is 12.1 Å². The monoisotopic (exact) mass is 324 g/mol. The standard InChI is InChI=1S/C16H21ClN2O3/c1-10(17)16(20)18-6-4-5-11-7-13-14(19-11)8-12(21-2)9-15(13)22-3/h7-10,19H,4-6H2,1-3H3,(H,18,20). The van der Waals surface area contributed by atoms with E-state index in [0.717, 1.165) is 40.9 Å². The molecule has 0 saturated carbocycles.